The Morgan fingerprint density at radius 1 is 1.07 bits per heavy atom. The molecule has 7 nitrogen and oxygen atoms in total. The summed E-state index contributed by atoms with van der Waals surface area (Å²) in [6.07, 6.45) is 0. The molecule has 1 aliphatic heterocycles. The molecule has 30 heavy (non-hydrogen) atoms. The summed E-state index contributed by atoms with van der Waals surface area (Å²) < 4.78 is 10.9. The van der Waals surface area contributed by atoms with Crippen LogP contribution in [-0.4, -0.2) is 55.7 Å². The molecule has 0 radical (unpaired) electrons. The molecule has 1 heterocycles. The lowest BCUT2D eigenvalue weighted by Gasteiger charge is -2.21. The molecule has 0 aliphatic carbocycles. The number of ether oxygens (including phenoxy) is 2. The van der Waals surface area contributed by atoms with E-state index in [1.54, 1.807) is 48.3 Å². The summed E-state index contributed by atoms with van der Waals surface area (Å²) in [7, 11) is 3.18. The molecule has 0 saturated carbocycles. The van der Waals surface area contributed by atoms with Crippen molar-refractivity contribution in [3.8, 4) is 11.5 Å². The summed E-state index contributed by atoms with van der Waals surface area (Å²) in [6, 6.07) is 12.4. The number of aliphatic hydroxyl groups is 1. The first-order valence-electron chi connectivity index (χ1n) is 9.75. The largest absolute Gasteiger partial charge is 0.495 e. The number of likely N-dealkylation sites (N-methyl/N-ethyl adjacent to an activating group) is 1. The lowest BCUT2D eigenvalue weighted by Crippen LogP contribution is -2.35. The van der Waals surface area contributed by atoms with Crippen LogP contribution in [0, 0.1) is 6.92 Å². The highest BCUT2D eigenvalue weighted by atomic mass is 16.5. The Bertz CT molecular complexity index is 982. The highest BCUT2D eigenvalue weighted by Gasteiger charge is 2.42. The van der Waals surface area contributed by atoms with Gasteiger partial charge in [0, 0.05) is 13.6 Å². The second kappa shape index (κ2) is 9.00. The zero-order chi connectivity index (χ0) is 21.8. The number of nitrogens with zero attached hydrogens (tertiary/aromatic N) is 2. The van der Waals surface area contributed by atoms with Crippen LogP contribution in [0.3, 0.4) is 0 Å². The molecule has 0 saturated heterocycles. The molecule has 2 amide bonds. The van der Waals surface area contributed by atoms with Gasteiger partial charge in [0.2, 0.25) is 0 Å². The Kier molecular flexibility index (Phi) is 6.42. The van der Waals surface area contributed by atoms with Crippen LogP contribution in [0.1, 0.15) is 18.1 Å². The Balaban J connectivity index is 2.13. The number of carbonyl (C=O) groups is 2. The second-order valence-electron chi connectivity index (χ2n) is 6.95. The van der Waals surface area contributed by atoms with Gasteiger partial charge in [0.25, 0.3) is 11.8 Å². The Labute approximate surface area is 176 Å². The minimum Gasteiger partial charge on any atom is -0.495 e. The van der Waals surface area contributed by atoms with Gasteiger partial charge < -0.3 is 19.5 Å². The normalized spacial score (nSPS) is 13.8. The predicted octanol–water partition coefficient (Wildman–Crippen LogP) is 2.61. The van der Waals surface area contributed by atoms with E-state index in [1.807, 2.05) is 19.9 Å². The summed E-state index contributed by atoms with van der Waals surface area (Å²) in [5.74, 6) is 0.220. The first kappa shape index (κ1) is 21.4. The van der Waals surface area contributed by atoms with Gasteiger partial charge in [-0.15, -0.1) is 0 Å². The standard InChI is InChI=1S/C23H26N2O5/c1-5-30-17-9-7-16(8-10-17)20-21(24(3)12-13-26)23(28)25(22(20)27)18-14-15(2)6-11-19(18)29-4/h6-11,14,26H,5,12-13H2,1-4H3. The number of carbonyl (C=O) groups excluding carboxylic acids is 2. The number of hydrogen-bond donors (Lipinski definition) is 1. The van der Waals surface area contributed by atoms with E-state index in [0.29, 0.717) is 29.4 Å². The summed E-state index contributed by atoms with van der Waals surface area (Å²) in [5, 5.41) is 9.39. The Morgan fingerprint density at radius 3 is 2.37 bits per heavy atom. The minimum absolute atomic E-state index is 0.147. The maximum absolute atomic E-state index is 13.5. The maximum Gasteiger partial charge on any atom is 0.282 e. The van der Waals surface area contributed by atoms with E-state index in [4.69, 9.17) is 9.47 Å². The quantitative estimate of drug-likeness (QED) is 0.674. The van der Waals surface area contributed by atoms with E-state index in [2.05, 4.69) is 0 Å². The highest BCUT2D eigenvalue weighted by Crippen LogP contribution is 2.39. The van der Waals surface area contributed by atoms with Crippen molar-refractivity contribution in [1.29, 1.82) is 0 Å². The summed E-state index contributed by atoms with van der Waals surface area (Å²) in [6.45, 7) is 4.38. The Hall–Kier alpha value is -3.32. The van der Waals surface area contributed by atoms with Crippen LogP contribution in [0.5, 0.6) is 11.5 Å². The van der Waals surface area contributed by atoms with E-state index in [-0.39, 0.29) is 24.4 Å². The molecule has 2 aromatic rings. The molecule has 3 rings (SSSR count). The van der Waals surface area contributed by atoms with Crippen LogP contribution < -0.4 is 14.4 Å². The SMILES string of the molecule is CCOc1ccc(C2=C(N(C)CCO)C(=O)N(c3cc(C)ccc3OC)C2=O)cc1. The lowest BCUT2D eigenvalue weighted by atomic mass is 10.0. The highest BCUT2D eigenvalue weighted by molar-refractivity contribution is 6.45. The lowest BCUT2D eigenvalue weighted by molar-refractivity contribution is -0.120. The fourth-order valence-corrected chi connectivity index (χ4v) is 3.47. The van der Waals surface area contributed by atoms with Crippen LogP contribution in [0.25, 0.3) is 5.57 Å². The monoisotopic (exact) mass is 410 g/mol. The van der Waals surface area contributed by atoms with E-state index in [9.17, 15) is 14.7 Å². The van der Waals surface area contributed by atoms with Crippen LogP contribution in [0.15, 0.2) is 48.2 Å². The van der Waals surface area contributed by atoms with Crippen molar-refractivity contribution < 1.29 is 24.2 Å². The fourth-order valence-electron chi connectivity index (χ4n) is 3.47. The first-order valence-corrected chi connectivity index (χ1v) is 9.75. The predicted molar refractivity (Wildman–Crippen MR) is 114 cm³/mol. The van der Waals surface area contributed by atoms with Crippen molar-refractivity contribution in [3.63, 3.8) is 0 Å². The third-order valence-electron chi connectivity index (χ3n) is 4.91. The summed E-state index contributed by atoms with van der Waals surface area (Å²) in [4.78, 5) is 29.7. The molecule has 158 valence electrons. The number of aliphatic hydroxyl groups excluding tert-OH is 1. The number of imide groups is 1. The van der Waals surface area contributed by atoms with Gasteiger partial charge in [0.1, 0.15) is 17.2 Å². The van der Waals surface area contributed by atoms with Crippen molar-refractivity contribution in [2.75, 3.05) is 38.8 Å². The van der Waals surface area contributed by atoms with Gasteiger partial charge in [-0.25, -0.2) is 4.90 Å². The molecule has 0 fully saturated rings. The first-order chi connectivity index (χ1) is 14.4. The maximum atomic E-state index is 13.5. The molecule has 0 atom stereocenters. The van der Waals surface area contributed by atoms with Gasteiger partial charge >= 0.3 is 0 Å². The number of rotatable bonds is 8. The topological polar surface area (TPSA) is 79.3 Å². The zero-order valence-electron chi connectivity index (χ0n) is 17.6. The molecule has 2 aromatic carbocycles. The van der Waals surface area contributed by atoms with Crippen LogP contribution in [0.2, 0.25) is 0 Å². The molecule has 0 aromatic heterocycles. The number of hydrogen-bond acceptors (Lipinski definition) is 6. The molecule has 1 aliphatic rings. The molecule has 7 heteroatoms. The van der Waals surface area contributed by atoms with E-state index in [1.165, 1.54) is 7.11 Å². The number of amides is 2. The fraction of sp³-hybridized carbons (Fsp3) is 0.304. The van der Waals surface area contributed by atoms with Crippen molar-refractivity contribution >= 4 is 23.1 Å². The van der Waals surface area contributed by atoms with Crippen molar-refractivity contribution in [3.05, 3.63) is 59.3 Å². The van der Waals surface area contributed by atoms with Crippen LogP contribution in [-0.2, 0) is 9.59 Å². The van der Waals surface area contributed by atoms with Gasteiger partial charge in [-0.3, -0.25) is 9.59 Å². The van der Waals surface area contributed by atoms with E-state index >= 15 is 0 Å². The number of methoxy groups -OCH3 is 1. The molecule has 1 N–H and O–H groups in total. The van der Waals surface area contributed by atoms with Gasteiger partial charge in [0.15, 0.2) is 0 Å². The van der Waals surface area contributed by atoms with E-state index in [0.717, 1.165) is 10.5 Å². The average molecular weight is 410 g/mol. The summed E-state index contributed by atoms with van der Waals surface area (Å²) >= 11 is 0. The van der Waals surface area contributed by atoms with Crippen molar-refractivity contribution in [2.45, 2.75) is 13.8 Å². The molecule has 0 bridgehead atoms. The molecule has 0 spiro atoms. The number of anilines is 1. The van der Waals surface area contributed by atoms with Gasteiger partial charge in [-0.2, -0.15) is 0 Å². The third kappa shape index (κ3) is 3.89. The molecule has 0 unspecified atom stereocenters. The van der Waals surface area contributed by atoms with Gasteiger partial charge in [-0.1, -0.05) is 18.2 Å². The second-order valence-corrected chi connectivity index (χ2v) is 6.95. The molecular weight excluding hydrogens is 384 g/mol. The third-order valence-corrected chi connectivity index (χ3v) is 4.91. The van der Waals surface area contributed by atoms with E-state index < -0.39 is 11.8 Å². The number of benzene rings is 2. The Morgan fingerprint density at radius 2 is 1.77 bits per heavy atom. The van der Waals surface area contributed by atoms with Crippen molar-refractivity contribution in [1.82, 2.24) is 4.90 Å². The van der Waals surface area contributed by atoms with Gasteiger partial charge in [0.05, 0.1) is 31.6 Å². The van der Waals surface area contributed by atoms with Gasteiger partial charge in [-0.05, 0) is 49.2 Å². The smallest absolute Gasteiger partial charge is 0.282 e. The average Bonchev–Trinajstić information content (AvgIpc) is 2.99. The molecular formula is C23H26N2O5. The summed E-state index contributed by atoms with van der Waals surface area (Å²) in [5.41, 5.74) is 2.41. The van der Waals surface area contributed by atoms with Crippen molar-refractivity contribution in [2.24, 2.45) is 0 Å². The number of aryl methyl sites for hydroxylation is 1. The zero-order valence-corrected chi connectivity index (χ0v) is 17.6. The minimum atomic E-state index is -0.455. The van der Waals surface area contributed by atoms with Crippen LogP contribution >= 0.6 is 0 Å². The van der Waals surface area contributed by atoms with Crippen LogP contribution in [0.4, 0.5) is 5.69 Å².